The van der Waals surface area contributed by atoms with E-state index in [9.17, 15) is 0 Å². The van der Waals surface area contributed by atoms with Crippen molar-refractivity contribution in [2.45, 2.75) is 39.2 Å². The lowest BCUT2D eigenvalue weighted by Gasteiger charge is -2.19. The Morgan fingerprint density at radius 1 is 1.15 bits per heavy atom. The molecule has 1 saturated heterocycles. The number of likely N-dealkylation sites (tertiary alicyclic amines) is 1. The zero-order valence-electron chi connectivity index (χ0n) is 15.5. The topological polar surface area (TPSA) is 40.2 Å². The zero-order valence-corrected chi connectivity index (χ0v) is 15.5. The smallest absolute Gasteiger partial charge is 0.134 e. The quantitative estimate of drug-likeness (QED) is 0.644. The summed E-state index contributed by atoms with van der Waals surface area (Å²) in [6, 6.07) is 17.4. The number of benzene rings is 2. The van der Waals surface area contributed by atoms with E-state index in [-0.39, 0.29) is 0 Å². The first kappa shape index (κ1) is 16.9. The SMILES string of the molecule is Cc1cc(-c2ccc3oc(CCN4CCC[C@H]4C)cc3c2)ccc1C#N. The average molecular weight is 344 g/mol. The van der Waals surface area contributed by atoms with Gasteiger partial charge < -0.3 is 9.32 Å². The van der Waals surface area contributed by atoms with Crippen LogP contribution in [0.5, 0.6) is 0 Å². The number of furan rings is 1. The van der Waals surface area contributed by atoms with Crippen LogP contribution >= 0.6 is 0 Å². The highest BCUT2D eigenvalue weighted by atomic mass is 16.3. The first-order valence-electron chi connectivity index (χ1n) is 9.42. The molecule has 0 radical (unpaired) electrons. The van der Waals surface area contributed by atoms with Crippen molar-refractivity contribution in [3.05, 3.63) is 59.4 Å². The number of nitriles is 1. The van der Waals surface area contributed by atoms with Crippen molar-refractivity contribution in [2.24, 2.45) is 0 Å². The maximum Gasteiger partial charge on any atom is 0.134 e. The summed E-state index contributed by atoms with van der Waals surface area (Å²) in [4.78, 5) is 2.55. The number of rotatable bonds is 4. The maximum absolute atomic E-state index is 9.10. The summed E-state index contributed by atoms with van der Waals surface area (Å²) in [6.45, 7) is 6.58. The number of hydrogen-bond donors (Lipinski definition) is 0. The van der Waals surface area contributed by atoms with Crippen LogP contribution in [0.4, 0.5) is 0 Å². The van der Waals surface area contributed by atoms with Crippen molar-refractivity contribution >= 4 is 11.0 Å². The molecule has 0 unspecified atom stereocenters. The van der Waals surface area contributed by atoms with Gasteiger partial charge in [-0.2, -0.15) is 5.26 Å². The molecule has 132 valence electrons. The molecule has 0 amide bonds. The van der Waals surface area contributed by atoms with Gasteiger partial charge in [0.25, 0.3) is 0 Å². The molecule has 4 rings (SSSR count). The average Bonchev–Trinajstić information content (AvgIpc) is 3.24. The monoisotopic (exact) mass is 344 g/mol. The third kappa shape index (κ3) is 3.25. The Balaban J connectivity index is 1.56. The van der Waals surface area contributed by atoms with E-state index in [0.29, 0.717) is 6.04 Å². The molecule has 3 heteroatoms. The number of fused-ring (bicyclic) bond motifs is 1. The van der Waals surface area contributed by atoms with Gasteiger partial charge in [-0.25, -0.2) is 0 Å². The summed E-state index contributed by atoms with van der Waals surface area (Å²) < 4.78 is 6.04. The normalized spacial score (nSPS) is 17.7. The molecule has 1 fully saturated rings. The van der Waals surface area contributed by atoms with Crippen molar-refractivity contribution < 1.29 is 4.42 Å². The highest BCUT2D eigenvalue weighted by Crippen LogP contribution is 2.28. The van der Waals surface area contributed by atoms with Gasteiger partial charge in [0.15, 0.2) is 0 Å². The molecule has 0 spiro atoms. The molecule has 2 aromatic carbocycles. The van der Waals surface area contributed by atoms with E-state index in [2.05, 4.69) is 48.2 Å². The Kier molecular flexibility index (Phi) is 4.53. The van der Waals surface area contributed by atoms with Gasteiger partial charge in [0, 0.05) is 24.4 Å². The van der Waals surface area contributed by atoms with Crippen molar-refractivity contribution in [3.63, 3.8) is 0 Å². The van der Waals surface area contributed by atoms with Crippen molar-refractivity contribution in [1.29, 1.82) is 5.26 Å². The predicted molar refractivity (Wildman–Crippen MR) is 105 cm³/mol. The molecule has 1 aliphatic heterocycles. The van der Waals surface area contributed by atoms with Crippen LogP contribution in [0.2, 0.25) is 0 Å². The molecule has 3 aromatic rings. The van der Waals surface area contributed by atoms with E-state index in [0.717, 1.165) is 51.9 Å². The summed E-state index contributed by atoms with van der Waals surface area (Å²) in [6.07, 6.45) is 3.59. The number of aryl methyl sites for hydroxylation is 1. The van der Waals surface area contributed by atoms with Gasteiger partial charge >= 0.3 is 0 Å². The molecule has 1 aliphatic rings. The van der Waals surface area contributed by atoms with E-state index < -0.39 is 0 Å². The van der Waals surface area contributed by atoms with Gasteiger partial charge in [-0.05, 0) is 74.2 Å². The summed E-state index contributed by atoms with van der Waals surface area (Å²) in [7, 11) is 0. The predicted octanol–water partition coefficient (Wildman–Crippen LogP) is 5.31. The van der Waals surface area contributed by atoms with Crippen LogP contribution in [0.1, 0.15) is 36.7 Å². The molecule has 2 heterocycles. The van der Waals surface area contributed by atoms with Gasteiger partial charge in [0.2, 0.25) is 0 Å². The zero-order chi connectivity index (χ0) is 18.1. The summed E-state index contributed by atoms with van der Waals surface area (Å²) in [5.41, 5.74) is 4.99. The van der Waals surface area contributed by atoms with Crippen LogP contribution in [0, 0.1) is 18.3 Å². The van der Waals surface area contributed by atoms with E-state index >= 15 is 0 Å². The van der Waals surface area contributed by atoms with Crippen LogP contribution in [0.15, 0.2) is 46.9 Å². The minimum atomic E-state index is 0.700. The standard InChI is InChI=1S/C23H24N2O/c1-16-12-18(5-6-20(16)15-24)19-7-8-23-21(13-19)14-22(26-23)9-11-25-10-3-4-17(25)2/h5-8,12-14,17H,3-4,9-11H2,1-2H3/t17-/m1/s1. The lowest BCUT2D eigenvalue weighted by Crippen LogP contribution is -2.28. The lowest BCUT2D eigenvalue weighted by atomic mass is 9.99. The first-order valence-corrected chi connectivity index (χ1v) is 9.42. The number of hydrogen-bond acceptors (Lipinski definition) is 3. The minimum absolute atomic E-state index is 0.700. The molecular formula is C23H24N2O. The Morgan fingerprint density at radius 2 is 1.96 bits per heavy atom. The van der Waals surface area contributed by atoms with Gasteiger partial charge in [-0.3, -0.25) is 0 Å². The summed E-state index contributed by atoms with van der Waals surface area (Å²) in [5, 5.41) is 10.3. The molecule has 3 nitrogen and oxygen atoms in total. The summed E-state index contributed by atoms with van der Waals surface area (Å²) in [5.74, 6) is 1.06. The molecule has 0 aliphatic carbocycles. The van der Waals surface area contributed by atoms with Crippen molar-refractivity contribution in [3.8, 4) is 17.2 Å². The maximum atomic E-state index is 9.10. The van der Waals surface area contributed by atoms with E-state index in [4.69, 9.17) is 9.68 Å². The van der Waals surface area contributed by atoms with Gasteiger partial charge in [-0.15, -0.1) is 0 Å². The van der Waals surface area contributed by atoms with E-state index in [1.54, 1.807) is 0 Å². The van der Waals surface area contributed by atoms with Crippen molar-refractivity contribution in [1.82, 2.24) is 4.90 Å². The van der Waals surface area contributed by atoms with Gasteiger partial charge in [-0.1, -0.05) is 18.2 Å². The molecule has 0 bridgehead atoms. The Morgan fingerprint density at radius 3 is 2.69 bits per heavy atom. The van der Waals surface area contributed by atoms with Crippen LogP contribution < -0.4 is 0 Å². The number of nitrogens with zero attached hydrogens (tertiary/aromatic N) is 2. The van der Waals surface area contributed by atoms with E-state index in [1.165, 1.54) is 19.4 Å². The second-order valence-corrected chi connectivity index (χ2v) is 7.38. The largest absolute Gasteiger partial charge is 0.461 e. The fraction of sp³-hybridized carbons (Fsp3) is 0.348. The molecule has 26 heavy (non-hydrogen) atoms. The Bertz CT molecular complexity index is 980. The highest BCUT2D eigenvalue weighted by molar-refractivity contribution is 5.84. The van der Waals surface area contributed by atoms with Gasteiger partial charge in [0.05, 0.1) is 11.6 Å². The fourth-order valence-electron chi connectivity index (χ4n) is 3.95. The Labute approximate surface area is 154 Å². The molecular weight excluding hydrogens is 320 g/mol. The molecule has 0 saturated carbocycles. The van der Waals surface area contributed by atoms with Crippen LogP contribution in [0.25, 0.3) is 22.1 Å². The van der Waals surface area contributed by atoms with Gasteiger partial charge in [0.1, 0.15) is 11.3 Å². The van der Waals surface area contributed by atoms with Crippen LogP contribution in [-0.4, -0.2) is 24.0 Å². The molecule has 1 aromatic heterocycles. The highest BCUT2D eigenvalue weighted by Gasteiger charge is 2.20. The molecule has 0 N–H and O–H groups in total. The Hall–Kier alpha value is -2.57. The van der Waals surface area contributed by atoms with Crippen molar-refractivity contribution in [2.75, 3.05) is 13.1 Å². The van der Waals surface area contributed by atoms with Crippen LogP contribution in [0.3, 0.4) is 0 Å². The second kappa shape index (κ2) is 6.97. The van der Waals surface area contributed by atoms with Crippen LogP contribution in [-0.2, 0) is 6.42 Å². The first-order chi connectivity index (χ1) is 12.6. The lowest BCUT2D eigenvalue weighted by molar-refractivity contribution is 0.266. The summed E-state index contributed by atoms with van der Waals surface area (Å²) >= 11 is 0. The minimum Gasteiger partial charge on any atom is -0.461 e. The third-order valence-corrected chi connectivity index (χ3v) is 5.58. The third-order valence-electron chi connectivity index (χ3n) is 5.58. The second-order valence-electron chi connectivity index (χ2n) is 7.38. The fourth-order valence-corrected chi connectivity index (χ4v) is 3.95. The molecule has 1 atom stereocenters. The van der Waals surface area contributed by atoms with E-state index in [1.807, 2.05) is 19.1 Å².